The highest BCUT2D eigenvalue weighted by Crippen LogP contribution is 2.36. The van der Waals surface area contributed by atoms with Crippen LogP contribution in [0, 0.1) is 0 Å². The van der Waals surface area contributed by atoms with Gasteiger partial charge >= 0.3 is 0 Å². The predicted molar refractivity (Wildman–Crippen MR) is 102 cm³/mol. The largest absolute Gasteiger partial charge is 0.493 e. The maximum absolute atomic E-state index is 12.3. The standard InChI is InChI=1S/C19H18BrN3O2/c1-19(2,3)12-6-4-11(5-7-12)17(24)23-22-16-14-10-13(20)8-9-15(14)21-18(16)25/h4-10,21,25H,1-3H3. The third-order valence-electron chi connectivity index (χ3n) is 3.95. The zero-order chi connectivity index (χ0) is 18.2. The highest BCUT2D eigenvalue weighted by Gasteiger charge is 2.15. The van der Waals surface area contributed by atoms with E-state index in [1.54, 1.807) is 12.1 Å². The molecule has 0 saturated heterocycles. The van der Waals surface area contributed by atoms with Crippen LogP contribution < -0.4 is 0 Å². The number of azo groups is 1. The summed E-state index contributed by atoms with van der Waals surface area (Å²) in [5.74, 6) is -0.572. The SMILES string of the molecule is CC(C)(C)c1ccc(C(=O)N=Nc2c(O)[nH]c3ccc(Br)cc23)cc1. The lowest BCUT2D eigenvalue weighted by Crippen LogP contribution is -2.11. The van der Waals surface area contributed by atoms with Gasteiger partial charge in [-0.05, 0) is 41.3 Å². The van der Waals surface area contributed by atoms with Gasteiger partial charge in [0.05, 0.1) is 5.52 Å². The van der Waals surface area contributed by atoms with Gasteiger partial charge in [0.2, 0.25) is 5.88 Å². The fraction of sp³-hybridized carbons (Fsp3) is 0.211. The van der Waals surface area contributed by atoms with E-state index in [1.807, 2.05) is 30.3 Å². The van der Waals surface area contributed by atoms with E-state index >= 15 is 0 Å². The molecule has 0 bridgehead atoms. The number of hydrogen-bond donors (Lipinski definition) is 2. The molecule has 0 radical (unpaired) electrons. The van der Waals surface area contributed by atoms with Crippen molar-refractivity contribution in [2.75, 3.05) is 0 Å². The number of nitrogens with one attached hydrogen (secondary N) is 1. The Morgan fingerprint density at radius 3 is 2.44 bits per heavy atom. The number of aromatic amines is 1. The van der Waals surface area contributed by atoms with Crippen LogP contribution in [0.4, 0.5) is 5.69 Å². The number of fused-ring (bicyclic) bond motifs is 1. The molecule has 1 amide bonds. The third kappa shape index (κ3) is 3.64. The number of rotatable bonds is 2. The van der Waals surface area contributed by atoms with Crippen LogP contribution in [0.3, 0.4) is 0 Å². The normalized spacial score (nSPS) is 12.2. The lowest BCUT2D eigenvalue weighted by atomic mass is 9.87. The molecule has 2 N–H and O–H groups in total. The molecule has 0 aliphatic rings. The number of H-pyrrole nitrogens is 1. The van der Waals surface area contributed by atoms with Gasteiger partial charge in [-0.15, -0.1) is 10.2 Å². The number of hydrogen-bond acceptors (Lipinski definition) is 3. The summed E-state index contributed by atoms with van der Waals surface area (Å²) in [7, 11) is 0. The summed E-state index contributed by atoms with van der Waals surface area (Å²) in [5, 5.41) is 18.4. The zero-order valence-electron chi connectivity index (χ0n) is 14.2. The minimum atomic E-state index is -0.454. The fourth-order valence-electron chi connectivity index (χ4n) is 2.50. The van der Waals surface area contributed by atoms with Crippen molar-refractivity contribution in [3.05, 3.63) is 58.1 Å². The van der Waals surface area contributed by atoms with Crippen molar-refractivity contribution < 1.29 is 9.90 Å². The van der Waals surface area contributed by atoms with Gasteiger partial charge in [-0.2, -0.15) is 0 Å². The third-order valence-corrected chi connectivity index (χ3v) is 4.45. The molecule has 3 aromatic rings. The van der Waals surface area contributed by atoms with Crippen molar-refractivity contribution in [3.8, 4) is 5.88 Å². The molecule has 128 valence electrons. The molecule has 25 heavy (non-hydrogen) atoms. The topological polar surface area (TPSA) is 77.8 Å². The second kappa shape index (κ2) is 6.44. The summed E-state index contributed by atoms with van der Waals surface area (Å²) in [6, 6.07) is 12.8. The van der Waals surface area contributed by atoms with Crippen molar-refractivity contribution in [2.45, 2.75) is 26.2 Å². The van der Waals surface area contributed by atoms with E-state index in [1.165, 1.54) is 0 Å². The van der Waals surface area contributed by atoms with Crippen LogP contribution in [0.15, 0.2) is 57.2 Å². The van der Waals surface area contributed by atoms with Gasteiger partial charge in [-0.1, -0.05) is 48.8 Å². The molecule has 3 rings (SSSR count). The van der Waals surface area contributed by atoms with Crippen molar-refractivity contribution in [1.82, 2.24) is 4.98 Å². The van der Waals surface area contributed by atoms with Crippen LogP contribution in [-0.4, -0.2) is 16.0 Å². The summed E-state index contributed by atoms with van der Waals surface area (Å²) in [6.45, 7) is 6.34. The number of aromatic hydroxyl groups is 1. The Labute approximate surface area is 153 Å². The molecule has 6 heteroatoms. The van der Waals surface area contributed by atoms with E-state index in [9.17, 15) is 9.90 Å². The first kappa shape index (κ1) is 17.4. The molecule has 0 saturated carbocycles. The second-order valence-corrected chi connectivity index (χ2v) is 7.76. The van der Waals surface area contributed by atoms with E-state index in [4.69, 9.17) is 0 Å². The minimum Gasteiger partial charge on any atom is -0.493 e. The molecule has 1 aromatic heterocycles. The lowest BCUT2D eigenvalue weighted by Gasteiger charge is -2.18. The summed E-state index contributed by atoms with van der Waals surface area (Å²) in [5.41, 5.74) is 2.58. The number of nitrogens with zero attached hydrogens (tertiary/aromatic N) is 2. The van der Waals surface area contributed by atoms with Gasteiger partial charge in [0.15, 0.2) is 5.69 Å². The molecule has 0 fully saturated rings. The number of amides is 1. The predicted octanol–water partition coefficient (Wildman–Crippen LogP) is 5.86. The average molecular weight is 400 g/mol. The van der Waals surface area contributed by atoms with Crippen molar-refractivity contribution in [1.29, 1.82) is 0 Å². The van der Waals surface area contributed by atoms with E-state index in [0.29, 0.717) is 10.9 Å². The first-order valence-electron chi connectivity index (χ1n) is 7.82. The Balaban J connectivity index is 1.88. The number of benzene rings is 2. The number of carbonyl (C=O) groups excluding carboxylic acids is 1. The molecule has 0 aliphatic carbocycles. The quantitative estimate of drug-likeness (QED) is 0.529. The Morgan fingerprint density at radius 1 is 1.12 bits per heavy atom. The van der Waals surface area contributed by atoms with Crippen LogP contribution >= 0.6 is 15.9 Å². The van der Waals surface area contributed by atoms with Crippen molar-refractivity contribution in [3.63, 3.8) is 0 Å². The molecular formula is C19H18BrN3O2. The smallest absolute Gasteiger partial charge is 0.295 e. The van der Waals surface area contributed by atoms with Gasteiger partial charge in [0.25, 0.3) is 5.91 Å². The van der Waals surface area contributed by atoms with Gasteiger partial charge in [0, 0.05) is 15.4 Å². The number of halogens is 1. The van der Waals surface area contributed by atoms with Crippen LogP contribution in [0.2, 0.25) is 0 Å². The molecular weight excluding hydrogens is 382 g/mol. The van der Waals surface area contributed by atoms with E-state index in [-0.39, 0.29) is 17.0 Å². The zero-order valence-corrected chi connectivity index (χ0v) is 15.8. The highest BCUT2D eigenvalue weighted by molar-refractivity contribution is 9.10. The summed E-state index contributed by atoms with van der Waals surface area (Å²) < 4.78 is 0.847. The molecule has 1 heterocycles. The number of aromatic nitrogens is 1. The Kier molecular flexibility index (Phi) is 4.47. The maximum Gasteiger partial charge on any atom is 0.295 e. The van der Waals surface area contributed by atoms with Gasteiger partial charge in [-0.25, -0.2) is 0 Å². The molecule has 5 nitrogen and oxygen atoms in total. The monoisotopic (exact) mass is 399 g/mol. The van der Waals surface area contributed by atoms with E-state index in [2.05, 4.69) is 51.9 Å². The second-order valence-electron chi connectivity index (χ2n) is 6.84. The van der Waals surface area contributed by atoms with Crippen molar-refractivity contribution in [2.24, 2.45) is 10.2 Å². The first-order valence-corrected chi connectivity index (χ1v) is 8.62. The first-order chi connectivity index (χ1) is 11.8. The van der Waals surface area contributed by atoms with Crippen molar-refractivity contribution >= 4 is 38.4 Å². The summed E-state index contributed by atoms with van der Waals surface area (Å²) in [4.78, 5) is 15.1. The Bertz CT molecular complexity index is 967. The average Bonchev–Trinajstić information content (AvgIpc) is 2.86. The van der Waals surface area contributed by atoms with Gasteiger partial charge in [0.1, 0.15) is 0 Å². The van der Waals surface area contributed by atoms with Crippen LogP contribution in [0.1, 0.15) is 36.7 Å². The molecule has 0 spiro atoms. The Hall–Kier alpha value is -2.47. The molecule has 0 unspecified atom stereocenters. The maximum atomic E-state index is 12.3. The molecule has 0 atom stereocenters. The highest BCUT2D eigenvalue weighted by atomic mass is 79.9. The summed E-state index contributed by atoms with van der Waals surface area (Å²) in [6.07, 6.45) is 0. The van der Waals surface area contributed by atoms with E-state index in [0.717, 1.165) is 15.6 Å². The van der Waals surface area contributed by atoms with Crippen LogP contribution in [-0.2, 0) is 5.41 Å². The van der Waals surface area contributed by atoms with E-state index < -0.39 is 5.91 Å². The summed E-state index contributed by atoms with van der Waals surface area (Å²) >= 11 is 3.38. The van der Waals surface area contributed by atoms with Gasteiger partial charge in [-0.3, -0.25) is 4.79 Å². The minimum absolute atomic E-state index is 0.0201. The fourth-order valence-corrected chi connectivity index (χ4v) is 2.86. The van der Waals surface area contributed by atoms with Crippen LogP contribution in [0.5, 0.6) is 5.88 Å². The lowest BCUT2D eigenvalue weighted by molar-refractivity contribution is 0.0995. The number of carbonyl (C=O) groups is 1. The molecule has 0 aliphatic heterocycles. The Morgan fingerprint density at radius 2 is 1.80 bits per heavy atom. The molecule has 2 aromatic carbocycles. The van der Waals surface area contributed by atoms with Crippen LogP contribution in [0.25, 0.3) is 10.9 Å². The van der Waals surface area contributed by atoms with Gasteiger partial charge < -0.3 is 10.1 Å².